The van der Waals surface area contributed by atoms with Gasteiger partial charge in [-0.2, -0.15) is 13.2 Å². The average molecular weight is 355 g/mol. The van der Waals surface area contributed by atoms with Crippen molar-refractivity contribution < 1.29 is 32.2 Å². The van der Waals surface area contributed by atoms with Crippen molar-refractivity contribution in [2.75, 3.05) is 25.6 Å². The van der Waals surface area contributed by atoms with E-state index in [-0.39, 0.29) is 18.9 Å². The Morgan fingerprint density at radius 1 is 1.04 bits per heavy atom. The van der Waals surface area contributed by atoms with Crippen molar-refractivity contribution in [3.8, 4) is 11.5 Å². The number of hydrogen-bond acceptors (Lipinski definition) is 4. The van der Waals surface area contributed by atoms with E-state index in [9.17, 15) is 18.0 Å². The molecule has 5 nitrogen and oxygen atoms in total. The van der Waals surface area contributed by atoms with Crippen LogP contribution in [0.1, 0.15) is 5.56 Å². The molecule has 0 spiro atoms. The summed E-state index contributed by atoms with van der Waals surface area (Å²) in [4.78, 5) is 11.6. The first-order valence-electron chi connectivity index (χ1n) is 7.26. The third-order valence-corrected chi connectivity index (χ3v) is 3.08. The largest absolute Gasteiger partial charge is 0.497 e. The van der Waals surface area contributed by atoms with Crippen molar-refractivity contribution in [3.63, 3.8) is 0 Å². The summed E-state index contributed by atoms with van der Waals surface area (Å²) in [5.41, 5.74) is -0.857. The van der Waals surface area contributed by atoms with Gasteiger partial charge in [-0.05, 0) is 42.5 Å². The van der Waals surface area contributed by atoms with Crippen molar-refractivity contribution in [1.82, 2.24) is 0 Å². The Kier molecular flexibility index (Phi) is 6.10. The number of nitrogens with one attached hydrogen (secondary N) is 1. The molecule has 134 valence electrons. The molecule has 1 N–H and O–H groups in total. The molecular weight excluding hydrogens is 339 g/mol. The quantitative estimate of drug-likeness (QED) is 0.783. The molecule has 0 heterocycles. The predicted octanol–water partition coefficient (Wildman–Crippen LogP) is 4.34. The summed E-state index contributed by atoms with van der Waals surface area (Å²) in [6.07, 6.45) is -5.34. The van der Waals surface area contributed by atoms with E-state index in [0.29, 0.717) is 11.5 Å². The molecule has 2 aromatic carbocycles. The molecule has 0 bridgehead atoms. The molecule has 2 aromatic rings. The fraction of sp³-hybridized carbons (Fsp3) is 0.235. The zero-order chi connectivity index (χ0) is 18.3. The first-order valence-corrected chi connectivity index (χ1v) is 7.26. The van der Waals surface area contributed by atoms with Crippen LogP contribution >= 0.6 is 0 Å². The van der Waals surface area contributed by atoms with Crippen LogP contribution in [0.3, 0.4) is 0 Å². The zero-order valence-corrected chi connectivity index (χ0v) is 13.3. The molecule has 8 heteroatoms. The van der Waals surface area contributed by atoms with Gasteiger partial charge in [-0.1, -0.05) is 6.07 Å². The van der Waals surface area contributed by atoms with Crippen molar-refractivity contribution in [2.45, 2.75) is 6.18 Å². The van der Waals surface area contributed by atoms with Crippen LogP contribution in [0, 0.1) is 0 Å². The minimum atomic E-state index is -4.48. The molecule has 25 heavy (non-hydrogen) atoms. The first kappa shape index (κ1) is 18.4. The summed E-state index contributed by atoms with van der Waals surface area (Å²) in [5, 5.41) is 2.23. The Hall–Kier alpha value is -2.90. The third-order valence-electron chi connectivity index (χ3n) is 3.08. The number of rotatable bonds is 6. The van der Waals surface area contributed by atoms with Gasteiger partial charge in [0.25, 0.3) is 0 Å². The Bertz CT molecular complexity index is 702. The van der Waals surface area contributed by atoms with Gasteiger partial charge >= 0.3 is 12.3 Å². The lowest BCUT2D eigenvalue weighted by atomic mass is 10.2. The second-order valence-corrected chi connectivity index (χ2v) is 4.86. The van der Waals surface area contributed by atoms with E-state index >= 15 is 0 Å². The number of carbonyl (C=O) groups is 1. The molecular formula is C17H16F3NO4. The van der Waals surface area contributed by atoms with Gasteiger partial charge in [0, 0.05) is 5.69 Å². The first-order chi connectivity index (χ1) is 11.9. The number of anilines is 1. The number of benzene rings is 2. The van der Waals surface area contributed by atoms with Crippen LogP contribution < -0.4 is 14.8 Å². The van der Waals surface area contributed by atoms with Gasteiger partial charge in [0.15, 0.2) is 0 Å². The predicted molar refractivity (Wildman–Crippen MR) is 84.9 cm³/mol. The second-order valence-electron chi connectivity index (χ2n) is 4.86. The van der Waals surface area contributed by atoms with Crippen LogP contribution in [0.4, 0.5) is 23.7 Å². The van der Waals surface area contributed by atoms with Crippen LogP contribution in [0.15, 0.2) is 48.5 Å². The second kappa shape index (κ2) is 8.27. The maximum Gasteiger partial charge on any atom is 0.416 e. The smallest absolute Gasteiger partial charge is 0.416 e. The van der Waals surface area contributed by atoms with Crippen molar-refractivity contribution in [2.24, 2.45) is 0 Å². The number of ether oxygens (including phenoxy) is 3. The van der Waals surface area contributed by atoms with E-state index in [0.717, 1.165) is 12.1 Å². The van der Waals surface area contributed by atoms with E-state index in [4.69, 9.17) is 14.2 Å². The molecule has 0 aliphatic rings. The van der Waals surface area contributed by atoms with Crippen LogP contribution in [0.2, 0.25) is 0 Å². The molecule has 0 fully saturated rings. The average Bonchev–Trinajstić information content (AvgIpc) is 2.59. The molecule has 0 atom stereocenters. The van der Waals surface area contributed by atoms with Gasteiger partial charge in [0.2, 0.25) is 0 Å². The van der Waals surface area contributed by atoms with Gasteiger partial charge in [-0.25, -0.2) is 4.79 Å². The van der Waals surface area contributed by atoms with E-state index in [1.807, 2.05) is 0 Å². The summed E-state index contributed by atoms with van der Waals surface area (Å²) in [5.74, 6) is 1.26. The number of halogens is 3. The highest BCUT2D eigenvalue weighted by molar-refractivity contribution is 5.84. The number of hydrogen-bond donors (Lipinski definition) is 1. The highest BCUT2D eigenvalue weighted by Crippen LogP contribution is 2.30. The van der Waals surface area contributed by atoms with Gasteiger partial charge in [0.1, 0.15) is 24.7 Å². The van der Waals surface area contributed by atoms with Crippen molar-refractivity contribution in [1.29, 1.82) is 0 Å². The molecule has 0 aliphatic carbocycles. The topological polar surface area (TPSA) is 56.8 Å². The van der Waals surface area contributed by atoms with Crippen LogP contribution in [-0.4, -0.2) is 26.4 Å². The summed E-state index contributed by atoms with van der Waals surface area (Å²) >= 11 is 0. The summed E-state index contributed by atoms with van der Waals surface area (Å²) in [7, 11) is 1.55. The number of methoxy groups -OCH3 is 1. The van der Waals surface area contributed by atoms with Crippen LogP contribution in [-0.2, 0) is 10.9 Å². The fourth-order valence-electron chi connectivity index (χ4n) is 1.89. The molecule has 0 radical (unpaired) electrons. The molecule has 0 saturated carbocycles. The van der Waals surface area contributed by atoms with Gasteiger partial charge in [0.05, 0.1) is 12.7 Å². The number of carbonyl (C=O) groups excluding carboxylic acids is 1. The van der Waals surface area contributed by atoms with Crippen LogP contribution in [0.25, 0.3) is 0 Å². The minimum Gasteiger partial charge on any atom is -0.497 e. The van der Waals surface area contributed by atoms with Gasteiger partial charge < -0.3 is 14.2 Å². The SMILES string of the molecule is COc1ccc(OCCOC(=O)Nc2cccc(C(F)(F)F)c2)cc1. The zero-order valence-electron chi connectivity index (χ0n) is 13.3. The van der Waals surface area contributed by atoms with E-state index in [1.54, 1.807) is 31.4 Å². The highest BCUT2D eigenvalue weighted by atomic mass is 19.4. The summed E-state index contributed by atoms with van der Waals surface area (Å²) in [6.45, 7) is 0.0408. The molecule has 0 aliphatic heterocycles. The lowest BCUT2D eigenvalue weighted by Gasteiger charge is -2.11. The number of alkyl halides is 3. The molecule has 0 aromatic heterocycles. The molecule has 1 amide bonds. The minimum absolute atomic E-state index is 0.00380. The molecule has 2 rings (SSSR count). The maximum atomic E-state index is 12.6. The van der Waals surface area contributed by atoms with E-state index in [2.05, 4.69) is 5.32 Å². The summed E-state index contributed by atoms with van der Waals surface area (Å²) in [6, 6.07) is 11.1. The Morgan fingerprint density at radius 2 is 1.72 bits per heavy atom. The lowest BCUT2D eigenvalue weighted by molar-refractivity contribution is -0.137. The highest BCUT2D eigenvalue weighted by Gasteiger charge is 2.30. The Labute approximate surface area is 142 Å². The monoisotopic (exact) mass is 355 g/mol. The fourth-order valence-corrected chi connectivity index (χ4v) is 1.89. The normalized spacial score (nSPS) is 10.9. The third kappa shape index (κ3) is 5.91. The Balaban J connectivity index is 1.75. The lowest BCUT2D eigenvalue weighted by Crippen LogP contribution is -2.18. The van der Waals surface area contributed by atoms with E-state index in [1.165, 1.54) is 12.1 Å². The standard InChI is InChI=1S/C17H16F3NO4/c1-23-14-5-7-15(8-6-14)24-9-10-25-16(22)21-13-4-2-3-12(11-13)17(18,19)20/h2-8,11H,9-10H2,1H3,(H,21,22). The Morgan fingerprint density at radius 3 is 2.36 bits per heavy atom. The maximum absolute atomic E-state index is 12.6. The van der Waals surface area contributed by atoms with Crippen molar-refractivity contribution in [3.05, 3.63) is 54.1 Å². The van der Waals surface area contributed by atoms with Gasteiger partial charge in [-0.15, -0.1) is 0 Å². The van der Waals surface area contributed by atoms with Crippen molar-refractivity contribution >= 4 is 11.8 Å². The van der Waals surface area contributed by atoms with Gasteiger partial charge in [-0.3, -0.25) is 5.32 Å². The summed E-state index contributed by atoms with van der Waals surface area (Å²) < 4.78 is 53.0. The number of amides is 1. The molecule has 0 saturated heterocycles. The van der Waals surface area contributed by atoms with Crippen LogP contribution in [0.5, 0.6) is 11.5 Å². The van der Waals surface area contributed by atoms with E-state index < -0.39 is 17.8 Å². The molecule has 0 unspecified atom stereocenters.